The summed E-state index contributed by atoms with van der Waals surface area (Å²) in [4.78, 5) is 8.85. The van der Waals surface area contributed by atoms with Gasteiger partial charge in [-0.05, 0) is 38.0 Å². The van der Waals surface area contributed by atoms with Crippen LogP contribution in [0.15, 0.2) is 30.6 Å². The number of aromatic amines is 1. The van der Waals surface area contributed by atoms with E-state index >= 15 is 0 Å². The molecule has 0 saturated carbocycles. The lowest BCUT2D eigenvalue weighted by Crippen LogP contribution is -2.19. The van der Waals surface area contributed by atoms with E-state index in [1.54, 1.807) is 6.20 Å². The third-order valence-electron chi connectivity index (χ3n) is 4.58. The van der Waals surface area contributed by atoms with Crippen molar-refractivity contribution in [3.63, 3.8) is 0 Å². The maximum atomic E-state index is 4.72. The van der Waals surface area contributed by atoms with Crippen molar-refractivity contribution in [2.45, 2.75) is 45.8 Å². The predicted octanol–water partition coefficient (Wildman–Crippen LogP) is 2.60. The van der Waals surface area contributed by atoms with E-state index in [-0.39, 0.29) is 0 Å². The molecule has 0 unspecified atom stereocenters. The minimum atomic E-state index is 0.757. The van der Waals surface area contributed by atoms with Crippen LogP contribution in [0.1, 0.15) is 35.7 Å². The third kappa shape index (κ3) is 2.97. The summed E-state index contributed by atoms with van der Waals surface area (Å²) in [5.74, 6) is 1.25. The molecule has 6 nitrogen and oxygen atoms in total. The molecule has 0 spiro atoms. The summed E-state index contributed by atoms with van der Waals surface area (Å²) >= 11 is 0. The maximum absolute atomic E-state index is 4.72. The SMILES string of the molecule is Cc1nc2n(c1CNCc1cc(-c3cccnc3)n[nH]1)CCCC2. The van der Waals surface area contributed by atoms with Crippen LogP contribution in [-0.2, 0) is 26.1 Å². The Labute approximate surface area is 141 Å². The van der Waals surface area contributed by atoms with Gasteiger partial charge in [0.05, 0.1) is 17.1 Å². The second-order valence-electron chi connectivity index (χ2n) is 6.29. The van der Waals surface area contributed by atoms with Crippen LogP contribution in [0.2, 0.25) is 0 Å². The summed E-state index contributed by atoms with van der Waals surface area (Å²) < 4.78 is 2.39. The van der Waals surface area contributed by atoms with Gasteiger partial charge in [-0.1, -0.05) is 0 Å². The van der Waals surface area contributed by atoms with Gasteiger partial charge in [-0.3, -0.25) is 10.1 Å². The largest absolute Gasteiger partial charge is 0.331 e. The highest BCUT2D eigenvalue weighted by Crippen LogP contribution is 2.19. The van der Waals surface area contributed by atoms with E-state index in [1.165, 1.54) is 24.4 Å². The fraction of sp³-hybridized carbons (Fsp3) is 0.389. The Kier molecular flexibility index (Phi) is 4.13. The molecule has 1 aliphatic heterocycles. The van der Waals surface area contributed by atoms with Crippen molar-refractivity contribution in [2.24, 2.45) is 0 Å². The Morgan fingerprint density at radius 2 is 2.25 bits per heavy atom. The molecule has 0 aliphatic carbocycles. The van der Waals surface area contributed by atoms with Crippen molar-refractivity contribution < 1.29 is 0 Å². The van der Waals surface area contributed by atoms with Crippen molar-refractivity contribution >= 4 is 0 Å². The molecule has 0 saturated heterocycles. The van der Waals surface area contributed by atoms with Crippen molar-refractivity contribution in [2.75, 3.05) is 0 Å². The highest BCUT2D eigenvalue weighted by Gasteiger charge is 2.16. The van der Waals surface area contributed by atoms with Crippen LogP contribution in [0.3, 0.4) is 0 Å². The quantitative estimate of drug-likeness (QED) is 0.757. The van der Waals surface area contributed by atoms with Crippen LogP contribution in [0.25, 0.3) is 11.3 Å². The molecule has 6 heteroatoms. The summed E-state index contributed by atoms with van der Waals surface area (Å²) in [6, 6.07) is 6.01. The zero-order valence-electron chi connectivity index (χ0n) is 13.9. The zero-order chi connectivity index (χ0) is 16.4. The van der Waals surface area contributed by atoms with Crippen molar-refractivity contribution in [3.05, 3.63) is 53.5 Å². The predicted molar refractivity (Wildman–Crippen MR) is 92.3 cm³/mol. The number of nitrogens with one attached hydrogen (secondary N) is 2. The Bertz CT molecular complexity index is 817. The van der Waals surface area contributed by atoms with Crippen molar-refractivity contribution in [3.8, 4) is 11.3 Å². The van der Waals surface area contributed by atoms with Crippen LogP contribution in [0.5, 0.6) is 0 Å². The van der Waals surface area contributed by atoms with Crippen LogP contribution in [0.4, 0.5) is 0 Å². The molecule has 4 heterocycles. The van der Waals surface area contributed by atoms with E-state index in [1.807, 2.05) is 18.3 Å². The number of hydrogen-bond acceptors (Lipinski definition) is 4. The van der Waals surface area contributed by atoms with Gasteiger partial charge in [0.2, 0.25) is 0 Å². The Morgan fingerprint density at radius 1 is 1.29 bits per heavy atom. The molecule has 0 atom stereocenters. The number of pyridine rings is 1. The van der Waals surface area contributed by atoms with Crippen LogP contribution in [-0.4, -0.2) is 24.7 Å². The maximum Gasteiger partial charge on any atom is 0.109 e. The van der Waals surface area contributed by atoms with Crippen molar-refractivity contribution in [1.29, 1.82) is 0 Å². The molecule has 124 valence electrons. The number of aryl methyl sites for hydroxylation is 2. The number of nitrogens with zero attached hydrogens (tertiary/aromatic N) is 4. The minimum Gasteiger partial charge on any atom is -0.331 e. The summed E-state index contributed by atoms with van der Waals surface area (Å²) in [6.07, 6.45) is 7.22. The Balaban J connectivity index is 1.40. The average Bonchev–Trinajstić information content (AvgIpc) is 3.21. The van der Waals surface area contributed by atoms with Gasteiger partial charge in [0.25, 0.3) is 0 Å². The van der Waals surface area contributed by atoms with Gasteiger partial charge < -0.3 is 9.88 Å². The van der Waals surface area contributed by atoms with E-state index < -0.39 is 0 Å². The zero-order valence-corrected chi connectivity index (χ0v) is 13.9. The standard InChI is InChI=1S/C18H22N6/c1-13-17(24-8-3-2-6-18(24)21-13)12-20-11-15-9-16(23-22-15)14-5-4-7-19-10-14/h4-5,7,9-10,20H,2-3,6,8,11-12H2,1H3,(H,22,23). The highest BCUT2D eigenvalue weighted by molar-refractivity contribution is 5.57. The number of rotatable bonds is 5. The van der Waals surface area contributed by atoms with Gasteiger partial charge >= 0.3 is 0 Å². The molecule has 0 bridgehead atoms. The lowest BCUT2D eigenvalue weighted by Gasteiger charge is -2.16. The van der Waals surface area contributed by atoms with E-state index in [9.17, 15) is 0 Å². The molecule has 0 fully saturated rings. The van der Waals surface area contributed by atoms with Gasteiger partial charge in [0, 0.05) is 49.7 Å². The molecule has 3 aromatic heterocycles. The van der Waals surface area contributed by atoms with Crippen LogP contribution < -0.4 is 5.32 Å². The molecule has 4 rings (SSSR count). The minimum absolute atomic E-state index is 0.757. The van der Waals surface area contributed by atoms with Gasteiger partial charge in [0.1, 0.15) is 5.82 Å². The highest BCUT2D eigenvalue weighted by atomic mass is 15.1. The number of fused-ring (bicyclic) bond motifs is 1. The topological polar surface area (TPSA) is 71.4 Å². The number of hydrogen-bond donors (Lipinski definition) is 2. The third-order valence-corrected chi connectivity index (χ3v) is 4.58. The first-order valence-corrected chi connectivity index (χ1v) is 8.51. The molecule has 2 N–H and O–H groups in total. The molecular formula is C18H22N6. The van der Waals surface area contributed by atoms with Crippen molar-refractivity contribution in [1.82, 2.24) is 30.0 Å². The molecule has 0 amide bonds. The summed E-state index contributed by atoms with van der Waals surface area (Å²) in [7, 11) is 0. The van der Waals surface area contributed by atoms with E-state index in [0.29, 0.717) is 0 Å². The number of H-pyrrole nitrogens is 1. The Hall–Kier alpha value is -2.47. The lowest BCUT2D eigenvalue weighted by atomic mass is 10.1. The van der Waals surface area contributed by atoms with Gasteiger partial charge in [-0.25, -0.2) is 4.98 Å². The normalized spacial score (nSPS) is 13.9. The first-order chi connectivity index (χ1) is 11.8. The fourth-order valence-electron chi connectivity index (χ4n) is 3.33. The van der Waals surface area contributed by atoms with Crippen LogP contribution in [0, 0.1) is 6.92 Å². The van der Waals surface area contributed by atoms with Gasteiger partial charge in [0.15, 0.2) is 0 Å². The second kappa shape index (κ2) is 6.57. The molecule has 0 radical (unpaired) electrons. The average molecular weight is 322 g/mol. The smallest absolute Gasteiger partial charge is 0.109 e. The van der Waals surface area contributed by atoms with E-state index in [0.717, 1.165) is 48.7 Å². The van der Waals surface area contributed by atoms with Gasteiger partial charge in [-0.2, -0.15) is 5.10 Å². The monoisotopic (exact) mass is 322 g/mol. The first kappa shape index (κ1) is 15.1. The molecule has 24 heavy (non-hydrogen) atoms. The molecule has 0 aromatic carbocycles. The number of imidazole rings is 1. The van der Waals surface area contributed by atoms with Gasteiger partial charge in [-0.15, -0.1) is 0 Å². The molecular weight excluding hydrogens is 300 g/mol. The number of aromatic nitrogens is 5. The molecule has 1 aliphatic rings. The summed E-state index contributed by atoms with van der Waals surface area (Å²) in [5.41, 5.74) is 5.50. The Morgan fingerprint density at radius 3 is 3.12 bits per heavy atom. The van der Waals surface area contributed by atoms with Crippen LogP contribution >= 0.6 is 0 Å². The van der Waals surface area contributed by atoms with E-state index in [4.69, 9.17) is 4.98 Å². The first-order valence-electron chi connectivity index (χ1n) is 8.51. The lowest BCUT2D eigenvalue weighted by molar-refractivity contribution is 0.498. The summed E-state index contributed by atoms with van der Waals surface area (Å²) in [6.45, 7) is 4.80. The fourth-order valence-corrected chi connectivity index (χ4v) is 3.33. The van der Waals surface area contributed by atoms with E-state index in [2.05, 4.69) is 38.1 Å². The molecule has 3 aromatic rings. The second-order valence-corrected chi connectivity index (χ2v) is 6.29. The summed E-state index contributed by atoms with van der Waals surface area (Å²) in [5, 5.41) is 11.0.